The minimum absolute atomic E-state index is 0. The second kappa shape index (κ2) is 8.60. The smallest absolute Gasteiger partial charge is 0.319 e. The Morgan fingerprint density at radius 3 is 2.64 bits per heavy atom. The van der Waals surface area contributed by atoms with Crippen LogP contribution in [-0.4, -0.2) is 42.5 Å². The lowest BCUT2D eigenvalue weighted by atomic mass is 10.1. The van der Waals surface area contributed by atoms with Crippen LogP contribution >= 0.6 is 12.4 Å². The van der Waals surface area contributed by atoms with E-state index < -0.39 is 0 Å². The van der Waals surface area contributed by atoms with Crippen molar-refractivity contribution in [2.75, 3.05) is 25.0 Å². The molecule has 0 spiro atoms. The van der Waals surface area contributed by atoms with Gasteiger partial charge in [0, 0.05) is 24.8 Å². The van der Waals surface area contributed by atoms with Crippen molar-refractivity contribution < 1.29 is 9.59 Å². The van der Waals surface area contributed by atoms with Gasteiger partial charge in [0.05, 0.1) is 6.54 Å². The molecular formula is C15H23ClN4O2. The van der Waals surface area contributed by atoms with E-state index in [0.29, 0.717) is 18.8 Å². The SMILES string of the molecule is Cc1cccc(NC(=O)NCC(=O)N2CCC(N)CC2)c1.Cl. The highest BCUT2D eigenvalue weighted by Crippen LogP contribution is 2.09. The number of halogens is 1. The van der Waals surface area contributed by atoms with Gasteiger partial charge in [-0.2, -0.15) is 0 Å². The van der Waals surface area contributed by atoms with Gasteiger partial charge >= 0.3 is 6.03 Å². The number of piperidine rings is 1. The van der Waals surface area contributed by atoms with Gasteiger partial charge in [-0.05, 0) is 37.5 Å². The Morgan fingerprint density at radius 1 is 1.32 bits per heavy atom. The molecule has 1 heterocycles. The Balaban J connectivity index is 0.00000242. The van der Waals surface area contributed by atoms with Crippen molar-refractivity contribution in [1.82, 2.24) is 10.2 Å². The number of aryl methyl sites for hydroxylation is 1. The summed E-state index contributed by atoms with van der Waals surface area (Å²) in [5.74, 6) is -0.0682. The zero-order valence-electron chi connectivity index (χ0n) is 12.7. The number of likely N-dealkylation sites (tertiary alicyclic amines) is 1. The highest BCUT2D eigenvalue weighted by Gasteiger charge is 2.20. The van der Waals surface area contributed by atoms with Gasteiger partial charge in [0.25, 0.3) is 0 Å². The lowest BCUT2D eigenvalue weighted by Gasteiger charge is -2.30. The molecule has 0 aliphatic carbocycles. The number of carbonyl (C=O) groups is 2. The van der Waals surface area contributed by atoms with Crippen LogP contribution in [0.3, 0.4) is 0 Å². The molecule has 3 amide bonds. The van der Waals surface area contributed by atoms with Gasteiger partial charge in [-0.15, -0.1) is 12.4 Å². The maximum absolute atomic E-state index is 12.0. The van der Waals surface area contributed by atoms with Gasteiger partial charge in [-0.3, -0.25) is 4.79 Å². The number of nitrogens with one attached hydrogen (secondary N) is 2. The maximum Gasteiger partial charge on any atom is 0.319 e. The molecule has 2 rings (SSSR count). The molecule has 122 valence electrons. The standard InChI is InChI=1S/C15H22N4O2.ClH/c1-11-3-2-4-13(9-11)18-15(21)17-10-14(20)19-7-5-12(16)6-8-19;/h2-4,9,12H,5-8,10,16H2,1H3,(H2,17,18,21);1H. The summed E-state index contributed by atoms with van der Waals surface area (Å²) in [5.41, 5.74) is 7.58. The summed E-state index contributed by atoms with van der Waals surface area (Å²) in [7, 11) is 0. The third-order valence-electron chi connectivity index (χ3n) is 3.57. The predicted molar refractivity (Wildman–Crippen MR) is 89.2 cm³/mol. The van der Waals surface area contributed by atoms with Gasteiger partial charge in [-0.25, -0.2) is 4.79 Å². The largest absolute Gasteiger partial charge is 0.341 e. The van der Waals surface area contributed by atoms with E-state index in [1.807, 2.05) is 25.1 Å². The summed E-state index contributed by atoms with van der Waals surface area (Å²) in [6.07, 6.45) is 1.64. The van der Waals surface area contributed by atoms with Crippen LogP contribution in [0.15, 0.2) is 24.3 Å². The molecule has 1 aromatic rings. The van der Waals surface area contributed by atoms with Crippen LogP contribution < -0.4 is 16.4 Å². The summed E-state index contributed by atoms with van der Waals surface area (Å²) in [6.45, 7) is 3.29. The number of rotatable bonds is 3. The molecule has 0 radical (unpaired) electrons. The first-order valence-corrected chi connectivity index (χ1v) is 7.19. The van der Waals surface area contributed by atoms with E-state index in [0.717, 1.165) is 18.4 Å². The van der Waals surface area contributed by atoms with Crippen molar-refractivity contribution in [2.45, 2.75) is 25.8 Å². The van der Waals surface area contributed by atoms with Gasteiger partial charge in [0.1, 0.15) is 0 Å². The van der Waals surface area contributed by atoms with E-state index in [4.69, 9.17) is 5.73 Å². The quantitative estimate of drug-likeness (QED) is 0.786. The molecule has 0 bridgehead atoms. The zero-order valence-corrected chi connectivity index (χ0v) is 13.5. The fourth-order valence-electron chi connectivity index (χ4n) is 2.31. The Kier molecular flexibility index (Phi) is 7.14. The summed E-state index contributed by atoms with van der Waals surface area (Å²) in [4.78, 5) is 25.5. The number of benzene rings is 1. The highest BCUT2D eigenvalue weighted by atomic mass is 35.5. The van der Waals surface area contributed by atoms with Crippen molar-refractivity contribution in [1.29, 1.82) is 0 Å². The molecule has 7 heteroatoms. The molecule has 1 aliphatic rings. The highest BCUT2D eigenvalue weighted by molar-refractivity contribution is 5.92. The topological polar surface area (TPSA) is 87.5 Å². The van der Waals surface area contributed by atoms with Gasteiger partial charge in [0.2, 0.25) is 5.91 Å². The summed E-state index contributed by atoms with van der Waals surface area (Å²) >= 11 is 0. The zero-order chi connectivity index (χ0) is 15.2. The number of hydrogen-bond acceptors (Lipinski definition) is 3. The average molecular weight is 327 g/mol. The van der Waals surface area contributed by atoms with Crippen molar-refractivity contribution in [3.63, 3.8) is 0 Å². The van der Waals surface area contributed by atoms with Gasteiger partial charge in [-0.1, -0.05) is 12.1 Å². The molecule has 1 saturated heterocycles. The van der Waals surface area contributed by atoms with Crippen LogP contribution in [0.1, 0.15) is 18.4 Å². The van der Waals surface area contributed by atoms with Crippen LogP contribution in [-0.2, 0) is 4.79 Å². The average Bonchev–Trinajstić information content (AvgIpc) is 2.45. The number of hydrogen-bond donors (Lipinski definition) is 3. The van der Waals surface area contributed by atoms with Crippen LogP contribution in [0, 0.1) is 6.92 Å². The molecule has 6 nitrogen and oxygen atoms in total. The van der Waals surface area contributed by atoms with Gasteiger partial charge < -0.3 is 21.3 Å². The number of amides is 3. The third-order valence-corrected chi connectivity index (χ3v) is 3.57. The predicted octanol–water partition coefficient (Wildman–Crippen LogP) is 1.49. The van der Waals surface area contributed by atoms with Crippen molar-refractivity contribution >= 4 is 30.0 Å². The van der Waals surface area contributed by atoms with Crippen molar-refractivity contribution in [3.05, 3.63) is 29.8 Å². The maximum atomic E-state index is 12.0. The van der Waals surface area contributed by atoms with E-state index >= 15 is 0 Å². The van der Waals surface area contributed by atoms with Crippen LogP contribution in [0.4, 0.5) is 10.5 Å². The van der Waals surface area contributed by atoms with Crippen molar-refractivity contribution in [2.24, 2.45) is 5.73 Å². The fourth-order valence-corrected chi connectivity index (χ4v) is 2.31. The summed E-state index contributed by atoms with van der Waals surface area (Å²) < 4.78 is 0. The van der Waals surface area contributed by atoms with Crippen molar-refractivity contribution in [3.8, 4) is 0 Å². The number of carbonyl (C=O) groups excluding carboxylic acids is 2. The molecule has 22 heavy (non-hydrogen) atoms. The number of urea groups is 1. The van der Waals surface area contributed by atoms with E-state index in [1.54, 1.807) is 11.0 Å². The number of nitrogens with two attached hydrogens (primary N) is 1. The van der Waals surface area contributed by atoms with E-state index in [1.165, 1.54) is 0 Å². The first-order chi connectivity index (χ1) is 10.0. The van der Waals surface area contributed by atoms with Crippen LogP contribution in [0.2, 0.25) is 0 Å². The minimum atomic E-state index is -0.373. The molecule has 4 N–H and O–H groups in total. The molecule has 1 aliphatic heterocycles. The molecule has 0 atom stereocenters. The lowest BCUT2D eigenvalue weighted by molar-refractivity contribution is -0.131. The summed E-state index contributed by atoms with van der Waals surface area (Å²) in [6, 6.07) is 7.31. The first kappa shape index (κ1) is 18.3. The summed E-state index contributed by atoms with van der Waals surface area (Å²) in [5, 5.41) is 5.29. The van der Waals surface area contributed by atoms with E-state index in [9.17, 15) is 9.59 Å². The Morgan fingerprint density at radius 2 is 2.00 bits per heavy atom. The fraction of sp³-hybridized carbons (Fsp3) is 0.467. The molecule has 1 fully saturated rings. The molecule has 0 unspecified atom stereocenters. The Labute approximate surface area is 136 Å². The van der Waals surface area contributed by atoms with E-state index in [-0.39, 0.29) is 36.9 Å². The number of anilines is 1. The second-order valence-corrected chi connectivity index (χ2v) is 5.40. The van der Waals surface area contributed by atoms with E-state index in [2.05, 4.69) is 10.6 Å². The second-order valence-electron chi connectivity index (χ2n) is 5.40. The molecule has 0 aromatic heterocycles. The minimum Gasteiger partial charge on any atom is -0.341 e. The molecule has 0 saturated carbocycles. The van der Waals surface area contributed by atoms with Crippen LogP contribution in [0.25, 0.3) is 0 Å². The Hall–Kier alpha value is -1.79. The third kappa shape index (κ3) is 5.54. The normalized spacial score (nSPS) is 14.9. The lowest BCUT2D eigenvalue weighted by Crippen LogP contribution is -2.47. The van der Waals surface area contributed by atoms with Gasteiger partial charge in [0.15, 0.2) is 0 Å². The molecular weight excluding hydrogens is 304 g/mol. The van der Waals surface area contributed by atoms with Crippen LogP contribution in [0.5, 0.6) is 0 Å². The first-order valence-electron chi connectivity index (χ1n) is 7.19. The Bertz CT molecular complexity index is 516. The molecule has 1 aromatic carbocycles. The number of nitrogens with zero attached hydrogens (tertiary/aromatic N) is 1. The monoisotopic (exact) mass is 326 g/mol.